The predicted octanol–water partition coefficient (Wildman–Crippen LogP) is 3.07. The topological polar surface area (TPSA) is 33.1 Å². The molecule has 0 amide bonds. The Labute approximate surface area is 83.0 Å². The summed E-state index contributed by atoms with van der Waals surface area (Å²) in [6.45, 7) is 0. The second-order valence-electron chi connectivity index (χ2n) is 1.57. The SMILES string of the molecule is Oc1c(Br)cc(Br)nc1Br. The van der Waals surface area contributed by atoms with Crippen LogP contribution in [0.25, 0.3) is 0 Å². The maximum absolute atomic E-state index is 9.15. The van der Waals surface area contributed by atoms with E-state index in [2.05, 4.69) is 52.8 Å². The van der Waals surface area contributed by atoms with Gasteiger partial charge in [-0.15, -0.1) is 0 Å². The molecule has 1 aromatic heterocycles. The minimum absolute atomic E-state index is 0.114. The molecule has 54 valence electrons. The molecule has 0 aromatic carbocycles. The van der Waals surface area contributed by atoms with E-state index in [1.807, 2.05) is 0 Å². The average Bonchev–Trinajstić information content (AvgIpc) is 1.82. The first-order valence-electron chi connectivity index (χ1n) is 2.32. The van der Waals surface area contributed by atoms with Gasteiger partial charge >= 0.3 is 0 Å². The van der Waals surface area contributed by atoms with Crippen molar-refractivity contribution < 1.29 is 5.11 Å². The van der Waals surface area contributed by atoms with Crippen LogP contribution >= 0.6 is 47.8 Å². The maximum atomic E-state index is 9.15. The van der Waals surface area contributed by atoms with Gasteiger partial charge in [-0.3, -0.25) is 0 Å². The summed E-state index contributed by atoms with van der Waals surface area (Å²) < 4.78 is 1.71. The number of halogens is 3. The van der Waals surface area contributed by atoms with Crippen LogP contribution < -0.4 is 0 Å². The normalized spacial score (nSPS) is 9.90. The van der Waals surface area contributed by atoms with Crippen molar-refractivity contribution in [2.24, 2.45) is 0 Å². The molecular weight excluding hydrogens is 330 g/mol. The van der Waals surface area contributed by atoms with Crippen molar-refractivity contribution in [1.29, 1.82) is 0 Å². The van der Waals surface area contributed by atoms with E-state index in [4.69, 9.17) is 5.11 Å². The van der Waals surface area contributed by atoms with Gasteiger partial charge in [0.25, 0.3) is 0 Å². The molecule has 1 aromatic rings. The molecule has 10 heavy (non-hydrogen) atoms. The van der Waals surface area contributed by atoms with Crippen molar-refractivity contribution in [2.45, 2.75) is 0 Å². The van der Waals surface area contributed by atoms with Gasteiger partial charge in [-0.2, -0.15) is 0 Å². The fraction of sp³-hybridized carbons (Fsp3) is 0. The number of pyridine rings is 1. The molecule has 2 nitrogen and oxygen atoms in total. The van der Waals surface area contributed by atoms with Crippen molar-refractivity contribution in [2.75, 3.05) is 0 Å². The standard InChI is InChI=1S/C5H2Br3NO/c6-2-1-3(7)9-5(8)4(2)10/h1,10H. The molecule has 5 heteroatoms. The molecule has 0 radical (unpaired) electrons. The molecular formula is C5H2Br3NO. The Morgan fingerprint density at radius 1 is 1.30 bits per heavy atom. The minimum atomic E-state index is 0.114. The predicted molar refractivity (Wildman–Crippen MR) is 49.0 cm³/mol. The van der Waals surface area contributed by atoms with E-state index in [9.17, 15) is 0 Å². The molecule has 0 atom stereocenters. The zero-order valence-corrected chi connectivity index (χ0v) is 9.36. The van der Waals surface area contributed by atoms with E-state index >= 15 is 0 Å². The van der Waals surface area contributed by atoms with Crippen LogP contribution in [0.4, 0.5) is 0 Å². The number of rotatable bonds is 0. The van der Waals surface area contributed by atoms with Crippen molar-refractivity contribution in [1.82, 2.24) is 4.98 Å². The second-order valence-corrected chi connectivity index (χ2v) is 3.98. The monoisotopic (exact) mass is 329 g/mol. The van der Waals surface area contributed by atoms with Gasteiger partial charge in [0.1, 0.15) is 9.21 Å². The second kappa shape index (κ2) is 3.19. The lowest BCUT2D eigenvalue weighted by Gasteiger charge is -1.98. The Balaban J connectivity index is 3.31. The third-order valence-electron chi connectivity index (χ3n) is 0.872. The van der Waals surface area contributed by atoms with Crippen LogP contribution in [-0.2, 0) is 0 Å². The number of nitrogens with zero attached hydrogens (tertiary/aromatic N) is 1. The molecule has 0 aliphatic carbocycles. The summed E-state index contributed by atoms with van der Waals surface area (Å²) in [6, 6.07) is 1.67. The highest BCUT2D eigenvalue weighted by Crippen LogP contribution is 2.32. The molecule has 0 saturated carbocycles. The van der Waals surface area contributed by atoms with E-state index in [-0.39, 0.29) is 5.75 Å². The first-order chi connectivity index (χ1) is 4.61. The molecule has 1 N–H and O–H groups in total. The van der Waals surface area contributed by atoms with Crippen LogP contribution in [0.3, 0.4) is 0 Å². The van der Waals surface area contributed by atoms with Gasteiger partial charge in [-0.25, -0.2) is 4.98 Å². The van der Waals surface area contributed by atoms with E-state index in [1.165, 1.54) is 0 Å². The average molecular weight is 332 g/mol. The summed E-state index contributed by atoms with van der Waals surface area (Å²) in [5.41, 5.74) is 0. The lowest BCUT2D eigenvalue weighted by Crippen LogP contribution is -1.79. The van der Waals surface area contributed by atoms with Crippen LogP contribution in [0, 0.1) is 0 Å². The van der Waals surface area contributed by atoms with Crippen molar-refractivity contribution in [3.05, 3.63) is 19.7 Å². The van der Waals surface area contributed by atoms with Gasteiger partial charge in [0.2, 0.25) is 0 Å². The first-order valence-corrected chi connectivity index (χ1v) is 4.69. The minimum Gasteiger partial charge on any atom is -0.504 e. The van der Waals surface area contributed by atoms with Crippen LogP contribution in [0.5, 0.6) is 5.75 Å². The molecule has 0 unspecified atom stereocenters. The van der Waals surface area contributed by atoms with Gasteiger partial charge in [-0.05, 0) is 53.9 Å². The Morgan fingerprint density at radius 3 is 2.40 bits per heavy atom. The molecule has 1 heterocycles. The highest BCUT2D eigenvalue weighted by molar-refractivity contribution is 9.11. The summed E-state index contributed by atoms with van der Waals surface area (Å²) in [6.07, 6.45) is 0. The van der Waals surface area contributed by atoms with Gasteiger partial charge < -0.3 is 5.11 Å². The summed E-state index contributed by atoms with van der Waals surface area (Å²) in [5, 5.41) is 9.15. The summed E-state index contributed by atoms with van der Waals surface area (Å²) in [7, 11) is 0. The number of hydrogen-bond acceptors (Lipinski definition) is 2. The smallest absolute Gasteiger partial charge is 0.162 e. The molecule has 0 spiro atoms. The first kappa shape index (κ1) is 8.49. The lowest BCUT2D eigenvalue weighted by molar-refractivity contribution is 0.464. The Bertz CT molecular complexity index is 240. The van der Waals surface area contributed by atoms with Crippen LogP contribution in [0.15, 0.2) is 19.7 Å². The number of hydrogen-bond donors (Lipinski definition) is 1. The molecule has 0 aliphatic heterocycles. The molecule has 0 fully saturated rings. The van der Waals surface area contributed by atoms with E-state index in [0.29, 0.717) is 13.7 Å². The fourth-order valence-corrected chi connectivity index (χ4v) is 2.48. The molecule has 0 saturated heterocycles. The third-order valence-corrected chi connectivity index (χ3v) is 2.44. The molecule has 0 aliphatic rings. The largest absolute Gasteiger partial charge is 0.504 e. The van der Waals surface area contributed by atoms with Gasteiger partial charge in [-0.1, -0.05) is 0 Å². The Hall–Kier alpha value is 0.390. The fourth-order valence-electron chi connectivity index (χ4n) is 0.450. The Kier molecular flexibility index (Phi) is 2.71. The van der Waals surface area contributed by atoms with E-state index < -0.39 is 0 Å². The van der Waals surface area contributed by atoms with E-state index in [0.717, 1.165) is 0 Å². The van der Waals surface area contributed by atoms with Crippen molar-refractivity contribution >= 4 is 47.8 Å². The highest BCUT2D eigenvalue weighted by Gasteiger charge is 2.04. The van der Waals surface area contributed by atoms with Crippen LogP contribution in [-0.4, -0.2) is 10.1 Å². The quantitative estimate of drug-likeness (QED) is 0.741. The molecule has 0 bridgehead atoms. The summed E-state index contributed by atoms with van der Waals surface area (Å²) in [5.74, 6) is 0.114. The summed E-state index contributed by atoms with van der Waals surface area (Å²) in [4.78, 5) is 3.89. The zero-order chi connectivity index (χ0) is 7.72. The zero-order valence-electron chi connectivity index (χ0n) is 4.61. The summed E-state index contributed by atoms with van der Waals surface area (Å²) >= 11 is 9.39. The van der Waals surface area contributed by atoms with Gasteiger partial charge in [0.05, 0.1) is 4.47 Å². The number of aromatic hydroxyl groups is 1. The van der Waals surface area contributed by atoms with Gasteiger partial charge in [0.15, 0.2) is 5.75 Å². The van der Waals surface area contributed by atoms with Crippen LogP contribution in [0.2, 0.25) is 0 Å². The highest BCUT2D eigenvalue weighted by atomic mass is 79.9. The maximum Gasteiger partial charge on any atom is 0.162 e. The molecule has 1 rings (SSSR count). The number of aromatic nitrogens is 1. The van der Waals surface area contributed by atoms with Crippen LogP contribution in [0.1, 0.15) is 0 Å². The van der Waals surface area contributed by atoms with Crippen molar-refractivity contribution in [3.63, 3.8) is 0 Å². The third kappa shape index (κ3) is 1.71. The van der Waals surface area contributed by atoms with Gasteiger partial charge in [0, 0.05) is 0 Å². The van der Waals surface area contributed by atoms with Crippen molar-refractivity contribution in [3.8, 4) is 5.75 Å². The Morgan fingerprint density at radius 2 is 1.90 bits per heavy atom. The van der Waals surface area contributed by atoms with E-state index in [1.54, 1.807) is 6.07 Å². The lowest BCUT2D eigenvalue weighted by atomic mass is 10.5.